The zero-order valence-corrected chi connectivity index (χ0v) is 17.4. The summed E-state index contributed by atoms with van der Waals surface area (Å²) >= 11 is 6.28. The van der Waals surface area contributed by atoms with E-state index in [9.17, 15) is 13.2 Å². The van der Waals surface area contributed by atoms with Gasteiger partial charge in [-0.3, -0.25) is 4.79 Å². The molecule has 3 N–H and O–H groups in total. The van der Waals surface area contributed by atoms with E-state index in [1.54, 1.807) is 26.0 Å². The van der Waals surface area contributed by atoms with Crippen molar-refractivity contribution in [3.63, 3.8) is 0 Å². The van der Waals surface area contributed by atoms with Crippen LogP contribution in [0.25, 0.3) is 0 Å². The molecule has 1 atom stereocenters. The predicted octanol–water partition coefficient (Wildman–Crippen LogP) is 2.64. The molecule has 0 spiro atoms. The highest BCUT2D eigenvalue weighted by Gasteiger charge is 2.20. The number of aryl methyl sites for hydroxylation is 1. The fraction of sp³-hybridized carbons (Fsp3) is 0.316. The van der Waals surface area contributed by atoms with Gasteiger partial charge >= 0.3 is 0 Å². The van der Waals surface area contributed by atoms with Gasteiger partial charge in [-0.25, -0.2) is 13.6 Å². The smallest absolute Gasteiger partial charge is 0.251 e. The van der Waals surface area contributed by atoms with Crippen LogP contribution in [0.5, 0.6) is 0 Å². The molecule has 0 saturated heterocycles. The summed E-state index contributed by atoms with van der Waals surface area (Å²) in [5.74, 6) is -0.373. The number of halogens is 1. The molecule has 2 aromatic carbocycles. The maximum absolute atomic E-state index is 12.6. The maximum Gasteiger partial charge on any atom is 0.251 e. The van der Waals surface area contributed by atoms with Crippen LogP contribution in [0.4, 0.5) is 0 Å². The summed E-state index contributed by atoms with van der Waals surface area (Å²) in [5, 5.41) is 8.74. The van der Waals surface area contributed by atoms with Crippen LogP contribution in [0, 0.1) is 13.8 Å². The number of carbonyl (C=O) groups is 1. The molecule has 0 fully saturated rings. The average molecular weight is 410 g/mol. The molecule has 0 aliphatic heterocycles. The summed E-state index contributed by atoms with van der Waals surface area (Å²) in [4.78, 5) is 14.5. The van der Waals surface area contributed by atoms with Crippen LogP contribution in [0.2, 0.25) is 5.02 Å². The van der Waals surface area contributed by atoms with E-state index >= 15 is 0 Å². The Hall–Kier alpha value is -1.93. The molecule has 6 nitrogen and oxygen atoms in total. The SMILES string of the molecule is Cc1cc(C(=O)NCC(c2ccccc2Cl)N(C)C)cc(S(N)(=O)=O)c1C. The van der Waals surface area contributed by atoms with Gasteiger partial charge in [0.1, 0.15) is 0 Å². The number of rotatable bonds is 6. The Balaban J connectivity index is 2.27. The van der Waals surface area contributed by atoms with Gasteiger partial charge in [0.15, 0.2) is 0 Å². The van der Waals surface area contributed by atoms with E-state index in [4.69, 9.17) is 16.7 Å². The van der Waals surface area contributed by atoms with Crippen LogP contribution in [-0.2, 0) is 10.0 Å². The zero-order chi connectivity index (χ0) is 20.4. The second-order valence-electron chi connectivity index (χ2n) is 6.67. The van der Waals surface area contributed by atoms with Crippen LogP contribution >= 0.6 is 11.6 Å². The first-order valence-corrected chi connectivity index (χ1v) is 10.3. The van der Waals surface area contributed by atoms with Crippen molar-refractivity contribution in [3.8, 4) is 0 Å². The normalized spacial score (nSPS) is 12.9. The number of amides is 1. The third-order valence-electron chi connectivity index (χ3n) is 4.53. The molecule has 0 radical (unpaired) electrons. The lowest BCUT2D eigenvalue weighted by molar-refractivity contribution is 0.0941. The molecule has 0 aliphatic rings. The molecule has 0 aromatic heterocycles. The van der Waals surface area contributed by atoms with Crippen LogP contribution < -0.4 is 10.5 Å². The number of hydrogen-bond acceptors (Lipinski definition) is 4. The molecule has 0 heterocycles. The van der Waals surface area contributed by atoms with Crippen LogP contribution in [0.3, 0.4) is 0 Å². The number of primary sulfonamides is 1. The van der Waals surface area contributed by atoms with Gasteiger partial charge in [-0.05, 0) is 62.8 Å². The van der Waals surface area contributed by atoms with Crippen LogP contribution in [-0.4, -0.2) is 39.9 Å². The fourth-order valence-electron chi connectivity index (χ4n) is 2.86. The van der Waals surface area contributed by atoms with E-state index in [2.05, 4.69) is 5.32 Å². The number of hydrogen-bond donors (Lipinski definition) is 2. The first kappa shape index (κ1) is 21.4. The highest BCUT2D eigenvalue weighted by molar-refractivity contribution is 7.89. The van der Waals surface area contributed by atoms with Gasteiger partial charge < -0.3 is 10.2 Å². The van der Waals surface area contributed by atoms with Gasteiger partial charge in [-0.1, -0.05) is 29.8 Å². The first-order chi connectivity index (χ1) is 12.5. The van der Waals surface area contributed by atoms with Gasteiger partial charge in [0, 0.05) is 17.1 Å². The number of nitrogens with two attached hydrogens (primary N) is 1. The Bertz CT molecular complexity index is 959. The monoisotopic (exact) mass is 409 g/mol. The number of nitrogens with one attached hydrogen (secondary N) is 1. The third-order valence-corrected chi connectivity index (χ3v) is 5.91. The van der Waals surface area contributed by atoms with Crippen molar-refractivity contribution in [2.75, 3.05) is 20.6 Å². The van der Waals surface area contributed by atoms with Gasteiger partial charge in [0.2, 0.25) is 10.0 Å². The van der Waals surface area contributed by atoms with Crippen molar-refractivity contribution in [2.24, 2.45) is 5.14 Å². The van der Waals surface area contributed by atoms with E-state index in [0.29, 0.717) is 22.7 Å². The lowest BCUT2D eigenvalue weighted by Gasteiger charge is -2.26. The summed E-state index contributed by atoms with van der Waals surface area (Å²) in [5.41, 5.74) is 2.37. The molecule has 2 rings (SSSR count). The summed E-state index contributed by atoms with van der Waals surface area (Å²) in [7, 11) is -0.115. The Morgan fingerprint density at radius 1 is 1.22 bits per heavy atom. The van der Waals surface area contributed by atoms with E-state index < -0.39 is 10.0 Å². The lowest BCUT2D eigenvalue weighted by Crippen LogP contribution is -2.35. The highest BCUT2D eigenvalue weighted by Crippen LogP contribution is 2.26. The zero-order valence-electron chi connectivity index (χ0n) is 15.8. The van der Waals surface area contributed by atoms with Gasteiger partial charge in [0.25, 0.3) is 5.91 Å². The molecular weight excluding hydrogens is 386 g/mol. The summed E-state index contributed by atoms with van der Waals surface area (Å²) in [6.07, 6.45) is 0. The van der Waals surface area contributed by atoms with Crippen molar-refractivity contribution in [3.05, 3.63) is 63.7 Å². The van der Waals surface area contributed by atoms with E-state index in [1.807, 2.05) is 37.2 Å². The van der Waals surface area contributed by atoms with Crippen molar-refractivity contribution in [2.45, 2.75) is 24.8 Å². The van der Waals surface area contributed by atoms with Crippen LogP contribution in [0.1, 0.15) is 33.1 Å². The summed E-state index contributed by atoms with van der Waals surface area (Å²) < 4.78 is 23.6. The topological polar surface area (TPSA) is 92.5 Å². The number of benzene rings is 2. The highest BCUT2D eigenvalue weighted by atomic mass is 35.5. The van der Waals surface area contributed by atoms with E-state index in [-0.39, 0.29) is 22.4 Å². The first-order valence-electron chi connectivity index (χ1n) is 8.35. The quantitative estimate of drug-likeness (QED) is 0.767. The number of nitrogens with zero attached hydrogens (tertiary/aromatic N) is 1. The van der Waals surface area contributed by atoms with Crippen molar-refractivity contribution >= 4 is 27.5 Å². The van der Waals surface area contributed by atoms with Crippen molar-refractivity contribution in [1.82, 2.24) is 10.2 Å². The standard InChI is InChI=1S/C19H24ClN3O3S/c1-12-9-14(10-18(13(12)2)27(21,25)26)19(24)22-11-17(23(3)4)15-7-5-6-8-16(15)20/h5-10,17H,11H2,1-4H3,(H,22,24)(H2,21,25,26). The number of likely N-dealkylation sites (N-methyl/N-ethyl adjacent to an activating group) is 1. The Morgan fingerprint density at radius 3 is 2.41 bits per heavy atom. The number of sulfonamides is 1. The van der Waals surface area contributed by atoms with Gasteiger partial charge in [-0.2, -0.15) is 0 Å². The van der Waals surface area contributed by atoms with Crippen molar-refractivity contribution in [1.29, 1.82) is 0 Å². The summed E-state index contributed by atoms with van der Waals surface area (Å²) in [6, 6.07) is 10.3. The predicted molar refractivity (Wildman–Crippen MR) is 108 cm³/mol. The third kappa shape index (κ3) is 5.07. The molecule has 0 bridgehead atoms. The minimum absolute atomic E-state index is 0.0390. The molecule has 27 heavy (non-hydrogen) atoms. The summed E-state index contributed by atoms with van der Waals surface area (Å²) in [6.45, 7) is 3.72. The molecule has 146 valence electrons. The average Bonchev–Trinajstić information content (AvgIpc) is 2.57. The molecule has 1 amide bonds. The van der Waals surface area contributed by atoms with E-state index in [1.165, 1.54) is 6.07 Å². The molecule has 8 heteroatoms. The number of carbonyl (C=O) groups excluding carboxylic acids is 1. The molecule has 0 aliphatic carbocycles. The molecule has 0 saturated carbocycles. The minimum Gasteiger partial charge on any atom is -0.350 e. The Labute approximate surface area is 165 Å². The lowest BCUT2D eigenvalue weighted by atomic mass is 10.0. The van der Waals surface area contributed by atoms with Crippen molar-refractivity contribution < 1.29 is 13.2 Å². The molecule has 2 aromatic rings. The second-order valence-corrected chi connectivity index (χ2v) is 8.61. The van der Waals surface area contributed by atoms with E-state index in [0.717, 1.165) is 5.56 Å². The van der Waals surface area contributed by atoms with Gasteiger partial charge in [-0.15, -0.1) is 0 Å². The Kier molecular flexibility index (Phi) is 6.64. The molecule has 1 unspecified atom stereocenters. The maximum atomic E-state index is 12.6. The second kappa shape index (κ2) is 8.39. The largest absolute Gasteiger partial charge is 0.350 e. The van der Waals surface area contributed by atoms with Gasteiger partial charge in [0.05, 0.1) is 10.9 Å². The Morgan fingerprint density at radius 2 is 1.85 bits per heavy atom. The minimum atomic E-state index is -3.91. The fourth-order valence-corrected chi connectivity index (χ4v) is 4.00. The van der Waals surface area contributed by atoms with Crippen LogP contribution in [0.15, 0.2) is 41.3 Å². The molecular formula is C19H24ClN3O3S.